The Hall–Kier alpha value is -1.10. The number of carbonyl (C=O) groups excluding carboxylic acids is 1. The third kappa shape index (κ3) is 6.89. The van der Waals surface area contributed by atoms with Gasteiger partial charge in [-0.15, -0.1) is 0 Å². The first-order chi connectivity index (χ1) is 9.33. The molecule has 0 saturated carbocycles. The maximum atomic E-state index is 13.3. The summed E-state index contributed by atoms with van der Waals surface area (Å²) in [4.78, 5) is 13.5. The zero-order valence-electron chi connectivity index (χ0n) is 13.3. The van der Waals surface area contributed by atoms with Crippen LogP contribution in [-0.2, 0) is 4.74 Å². The molecule has 1 aliphatic rings. The Bertz CT molecular complexity index is 335. The topological polar surface area (TPSA) is 49.8 Å². The Morgan fingerprint density at radius 2 is 1.90 bits per heavy atom. The molecule has 0 spiro atoms. The number of hydrogen-bond acceptors (Lipinski definition) is 3. The van der Waals surface area contributed by atoms with E-state index < -0.39 is 18.0 Å². The van der Waals surface area contributed by atoms with E-state index in [0.717, 1.165) is 0 Å². The molecule has 1 fully saturated rings. The molecule has 1 amide bonds. The lowest BCUT2D eigenvalue weighted by molar-refractivity contribution is 0.0258. The van der Waals surface area contributed by atoms with Gasteiger partial charge in [0.25, 0.3) is 0 Å². The first kappa shape index (κ1) is 18.9. The van der Waals surface area contributed by atoms with Gasteiger partial charge < -0.3 is 14.7 Å². The number of amides is 1. The van der Waals surface area contributed by atoms with E-state index in [2.05, 4.69) is 0 Å². The van der Waals surface area contributed by atoms with Gasteiger partial charge in [0, 0.05) is 13.1 Å². The standard InChI is InChI=1S/C13H22FNO3.C2H6/c1-13(2,3)18-12(17)15-7-4-5-10(6-8-15)11(14)9-16;1-2/h16H,4-9H2,1-3H3;1-2H3/b11-10-;. The summed E-state index contributed by atoms with van der Waals surface area (Å²) in [6.45, 7) is 9.91. The molecule has 20 heavy (non-hydrogen) atoms. The first-order valence-corrected chi connectivity index (χ1v) is 7.28. The van der Waals surface area contributed by atoms with Crippen LogP contribution in [0.15, 0.2) is 11.4 Å². The summed E-state index contributed by atoms with van der Waals surface area (Å²) in [7, 11) is 0. The highest BCUT2D eigenvalue weighted by Gasteiger charge is 2.24. The fourth-order valence-electron chi connectivity index (χ4n) is 1.88. The third-order valence-corrected chi connectivity index (χ3v) is 2.76. The van der Waals surface area contributed by atoms with Crippen molar-refractivity contribution in [2.45, 2.75) is 59.5 Å². The van der Waals surface area contributed by atoms with Gasteiger partial charge in [-0.1, -0.05) is 13.8 Å². The van der Waals surface area contributed by atoms with Gasteiger partial charge >= 0.3 is 6.09 Å². The molecule has 1 heterocycles. The molecule has 0 bridgehead atoms. The van der Waals surface area contributed by atoms with Gasteiger partial charge in [-0.05, 0) is 45.6 Å². The van der Waals surface area contributed by atoms with Gasteiger partial charge in [0.15, 0.2) is 0 Å². The summed E-state index contributed by atoms with van der Waals surface area (Å²) in [5.74, 6) is -0.457. The average molecular weight is 289 g/mol. The first-order valence-electron chi connectivity index (χ1n) is 7.28. The maximum absolute atomic E-state index is 13.3. The predicted octanol–water partition coefficient (Wildman–Crippen LogP) is 3.65. The molecule has 4 nitrogen and oxygen atoms in total. The van der Waals surface area contributed by atoms with Crippen LogP contribution in [0.25, 0.3) is 0 Å². The third-order valence-electron chi connectivity index (χ3n) is 2.76. The van der Waals surface area contributed by atoms with Crippen molar-refractivity contribution in [2.75, 3.05) is 19.7 Å². The summed E-state index contributed by atoms with van der Waals surface area (Å²) >= 11 is 0. The van der Waals surface area contributed by atoms with Crippen LogP contribution in [0.1, 0.15) is 53.9 Å². The molecule has 5 heteroatoms. The molecule has 0 unspecified atom stereocenters. The van der Waals surface area contributed by atoms with Crippen LogP contribution in [-0.4, -0.2) is 41.4 Å². The minimum atomic E-state index is -0.554. The van der Waals surface area contributed by atoms with Gasteiger partial charge in [0.2, 0.25) is 0 Å². The van der Waals surface area contributed by atoms with Crippen LogP contribution in [0.2, 0.25) is 0 Å². The zero-order valence-corrected chi connectivity index (χ0v) is 13.3. The Morgan fingerprint density at radius 3 is 2.40 bits per heavy atom. The molecule has 118 valence electrons. The molecule has 1 rings (SSSR count). The number of carbonyl (C=O) groups is 1. The average Bonchev–Trinajstić information content (AvgIpc) is 2.64. The van der Waals surface area contributed by atoms with Crippen molar-refractivity contribution < 1.29 is 19.0 Å². The summed E-state index contributed by atoms with van der Waals surface area (Å²) in [6, 6.07) is 0. The number of hydrogen-bond donors (Lipinski definition) is 1. The van der Waals surface area contributed by atoms with E-state index in [9.17, 15) is 9.18 Å². The molecule has 0 atom stereocenters. The number of ether oxygens (including phenoxy) is 1. The Kier molecular flexibility index (Phi) is 8.46. The normalized spacial score (nSPS) is 18.6. The van der Waals surface area contributed by atoms with E-state index in [1.54, 1.807) is 4.90 Å². The van der Waals surface area contributed by atoms with Crippen molar-refractivity contribution in [2.24, 2.45) is 0 Å². The van der Waals surface area contributed by atoms with Crippen molar-refractivity contribution in [3.8, 4) is 0 Å². The lowest BCUT2D eigenvalue weighted by Crippen LogP contribution is -2.37. The smallest absolute Gasteiger partial charge is 0.410 e. The lowest BCUT2D eigenvalue weighted by Gasteiger charge is -2.26. The van der Waals surface area contributed by atoms with E-state index in [1.165, 1.54) is 0 Å². The van der Waals surface area contributed by atoms with Crippen molar-refractivity contribution in [1.29, 1.82) is 0 Å². The summed E-state index contributed by atoms with van der Waals surface area (Å²) < 4.78 is 18.6. The fourth-order valence-corrected chi connectivity index (χ4v) is 1.88. The number of halogens is 1. The number of aliphatic hydroxyl groups excluding tert-OH is 1. The van der Waals surface area contributed by atoms with Crippen LogP contribution in [0.5, 0.6) is 0 Å². The molecule has 0 aromatic heterocycles. The second-order valence-electron chi connectivity index (χ2n) is 5.49. The second kappa shape index (κ2) is 8.95. The largest absolute Gasteiger partial charge is 0.444 e. The van der Waals surface area contributed by atoms with E-state index >= 15 is 0 Å². The Balaban J connectivity index is 0.00000172. The minimum Gasteiger partial charge on any atom is -0.444 e. The number of rotatable bonds is 1. The van der Waals surface area contributed by atoms with E-state index in [0.29, 0.717) is 37.9 Å². The van der Waals surface area contributed by atoms with Gasteiger partial charge in [0.1, 0.15) is 11.4 Å². The highest BCUT2D eigenvalue weighted by molar-refractivity contribution is 5.68. The number of likely N-dealkylation sites (tertiary alicyclic amines) is 1. The van der Waals surface area contributed by atoms with Crippen LogP contribution in [0.3, 0.4) is 0 Å². The lowest BCUT2D eigenvalue weighted by atomic mass is 10.1. The molecule has 1 aliphatic heterocycles. The molecule has 1 saturated heterocycles. The molecular weight excluding hydrogens is 261 g/mol. The highest BCUT2D eigenvalue weighted by Crippen LogP contribution is 2.22. The van der Waals surface area contributed by atoms with Crippen LogP contribution < -0.4 is 0 Å². The SMILES string of the molecule is CC.CC(C)(C)OC(=O)N1CCC/C(=C(/F)CO)CC1. The second-order valence-corrected chi connectivity index (χ2v) is 5.49. The Morgan fingerprint density at radius 1 is 1.30 bits per heavy atom. The van der Waals surface area contributed by atoms with Crippen LogP contribution >= 0.6 is 0 Å². The van der Waals surface area contributed by atoms with Gasteiger partial charge in [-0.25, -0.2) is 9.18 Å². The minimum absolute atomic E-state index is 0.354. The highest BCUT2D eigenvalue weighted by atomic mass is 19.1. The molecule has 0 radical (unpaired) electrons. The molecular formula is C15H28FNO3. The molecule has 0 aromatic rings. The zero-order chi connectivity index (χ0) is 15.8. The monoisotopic (exact) mass is 289 g/mol. The van der Waals surface area contributed by atoms with E-state index in [1.807, 2.05) is 34.6 Å². The molecule has 0 aliphatic carbocycles. The van der Waals surface area contributed by atoms with E-state index in [-0.39, 0.29) is 6.09 Å². The van der Waals surface area contributed by atoms with Gasteiger partial charge in [-0.2, -0.15) is 0 Å². The predicted molar refractivity (Wildman–Crippen MR) is 78.2 cm³/mol. The van der Waals surface area contributed by atoms with Gasteiger partial charge in [0.05, 0.1) is 6.61 Å². The Labute approximate surface area is 121 Å². The quantitative estimate of drug-likeness (QED) is 0.801. The van der Waals surface area contributed by atoms with E-state index in [4.69, 9.17) is 9.84 Å². The number of nitrogens with zero attached hydrogens (tertiary/aromatic N) is 1. The maximum Gasteiger partial charge on any atom is 0.410 e. The molecule has 1 N–H and O–H groups in total. The molecule has 0 aromatic carbocycles. The summed E-state index contributed by atoms with van der Waals surface area (Å²) in [6.07, 6.45) is 1.40. The number of aliphatic hydroxyl groups is 1. The van der Waals surface area contributed by atoms with Crippen molar-refractivity contribution in [3.63, 3.8) is 0 Å². The van der Waals surface area contributed by atoms with Gasteiger partial charge in [-0.3, -0.25) is 0 Å². The van der Waals surface area contributed by atoms with Crippen molar-refractivity contribution >= 4 is 6.09 Å². The van der Waals surface area contributed by atoms with Crippen LogP contribution in [0, 0.1) is 0 Å². The van der Waals surface area contributed by atoms with Crippen molar-refractivity contribution in [1.82, 2.24) is 4.90 Å². The fraction of sp³-hybridized carbons (Fsp3) is 0.800. The summed E-state index contributed by atoms with van der Waals surface area (Å²) in [5, 5.41) is 8.77. The van der Waals surface area contributed by atoms with Crippen molar-refractivity contribution in [3.05, 3.63) is 11.4 Å². The summed E-state index contributed by atoms with van der Waals surface area (Å²) in [5.41, 5.74) is 0.0989. The van der Waals surface area contributed by atoms with Crippen LogP contribution in [0.4, 0.5) is 9.18 Å².